The molecule has 0 saturated heterocycles. The second-order valence-electron chi connectivity index (χ2n) is 19.0. The number of ether oxygens (including phenoxy) is 4. The van der Waals surface area contributed by atoms with Crippen molar-refractivity contribution in [1.29, 1.82) is 0 Å². The summed E-state index contributed by atoms with van der Waals surface area (Å²) >= 11 is 2.51. The monoisotopic (exact) mass is 1090 g/mol. The van der Waals surface area contributed by atoms with Crippen molar-refractivity contribution >= 4 is 89.1 Å². The Kier molecular flexibility index (Phi) is 29.7. The molecule has 74 heavy (non-hydrogen) atoms. The molecule has 0 fully saturated rings. The van der Waals surface area contributed by atoms with Crippen LogP contribution in [0.4, 0.5) is 14.4 Å². The van der Waals surface area contributed by atoms with Gasteiger partial charge in [-0.05, 0) is 66.9 Å². The normalized spacial score (nSPS) is 13.6. The van der Waals surface area contributed by atoms with Gasteiger partial charge in [0.25, 0.3) is 0 Å². The first-order valence-corrected chi connectivity index (χ1v) is 26.4. The van der Waals surface area contributed by atoms with E-state index in [0.717, 1.165) is 26.7 Å². The molecule has 0 aliphatic heterocycles. The molecule has 6 atom stereocenters. The number of nitrogens with zero attached hydrogens (tertiary/aromatic N) is 6. The van der Waals surface area contributed by atoms with Gasteiger partial charge >= 0.3 is 24.2 Å². The van der Waals surface area contributed by atoms with Gasteiger partial charge in [-0.1, -0.05) is 26.5 Å². The lowest BCUT2D eigenvalue weighted by Gasteiger charge is -2.36. The number of nitrogens with one attached hydrogen (secondary N) is 4. The van der Waals surface area contributed by atoms with Crippen LogP contribution in [0.5, 0.6) is 0 Å². The third-order valence-corrected chi connectivity index (χ3v) is 12.2. The highest BCUT2D eigenvalue weighted by Crippen LogP contribution is 2.17. The van der Waals surface area contributed by atoms with Crippen molar-refractivity contribution in [2.75, 3.05) is 106 Å². The van der Waals surface area contributed by atoms with Gasteiger partial charge in [0, 0.05) is 66.9 Å². The zero-order chi connectivity index (χ0) is 57.4. The van der Waals surface area contributed by atoms with Crippen LogP contribution < -0.4 is 21.3 Å². The first-order chi connectivity index (χ1) is 34.3. The summed E-state index contributed by atoms with van der Waals surface area (Å²) < 4.78 is 20.4. The average Bonchev–Trinajstić information content (AvgIpc) is 3.32. The van der Waals surface area contributed by atoms with Crippen LogP contribution in [-0.2, 0) is 57.3 Å². The first-order valence-electron chi connectivity index (χ1n) is 23.7. The van der Waals surface area contributed by atoms with E-state index in [0.29, 0.717) is 0 Å². The topological polar surface area (TPSA) is 292 Å². The second-order valence-corrected chi connectivity index (χ2v) is 20.8. The molecule has 422 valence electrons. The molecule has 0 saturated carbocycles. The number of likely N-dealkylation sites (N-methyl/N-ethyl adjacent to an activating group) is 6. The number of thioether (sulfide) groups is 2. The van der Waals surface area contributed by atoms with Crippen LogP contribution in [0.2, 0.25) is 0 Å². The van der Waals surface area contributed by atoms with Gasteiger partial charge < -0.3 is 64.7 Å². The van der Waals surface area contributed by atoms with Gasteiger partial charge in [-0.3, -0.25) is 43.3 Å². The van der Waals surface area contributed by atoms with E-state index < -0.39 is 139 Å². The molecule has 0 aromatic heterocycles. The number of rotatable bonds is 28. The minimum Gasteiger partial charge on any atom is -0.468 e. The van der Waals surface area contributed by atoms with E-state index in [9.17, 15) is 52.7 Å². The standard InChI is InChI=1S/C47H82N10O15S2/c1-19-22-70-45(68)57(15)32(21-3)42(65)56(14)34(28-74-18)40(63)52(10)25-29(50-43(66)71-46(4,5)6)37(60)48-23-35(58)54(12)31(20-2)41(64)55(13)33(27-73-17)39(62)53(11)26-30(38(61)49-24-36(59)69-16)51-44(67)72-47(7,8)9/h19,29-34H,1,20-28H2,2-18H3,(H,48,60)(H,49,61)(H,50,66)(H,51,67)/t29-,30-,31+,32-,33+,34+/m1/s1. The van der Waals surface area contributed by atoms with Crippen LogP contribution in [0.1, 0.15) is 68.2 Å². The number of amides is 10. The zero-order valence-electron chi connectivity index (χ0n) is 46.2. The summed E-state index contributed by atoms with van der Waals surface area (Å²) in [4.78, 5) is 154. The van der Waals surface area contributed by atoms with E-state index in [4.69, 9.17) is 14.2 Å². The minimum absolute atomic E-state index is 0.0657. The molecule has 0 aliphatic rings. The van der Waals surface area contributed by atoms with Gasteiger partial charge in [0.05, 0.1) is 13.7 Å². The Morgan fingerprint density at radius 2 is 0.946 bits per heavy atom. The Labute approximate surface area is 444 Å². The number of hydrogen-bond acceptors (Lipinski definition) is 17. The van der Waals surface area contributed by atoms with Crippen molar-refractivity contribution in [3.05, 3.63) is 12.7 Å². The van der Waals surface area contributed by atoms with Crippen molar-refractivity contribution in [2.24, 2.45) is 0 Å². The van der Waals surface area contributed by atoms with Crippen molar-refractivity contribution in [2.45, 2.75) is 116 Å². The molecule has 0 heterocycles. The van der Waals surface area contributed by atoms with E-state index >= 15 is 0 Å². The Morgan fingerprint density at radius 1 is 0.568 bits per heavy atom. The average molecular weight is 1090 g/mol. The van der Waals surface area contributed by atoms with Crippen molar-refractivity contribution in [3.8, 4) is 0 Å². The second kappa shape index (κ2) is 32.3. The number of hydrogen-bond donors (Lipinski definition) is 4. The van der Waals surface area contributed by atoms with Crippen LogP contribution >= 0.6 is 23.5 Å². The fourth-order valence-electron chi connectivity index (χ4n) is 6.84. The van der Waals surface area contributed by atoms with Gasteiger partial charge in [0.2, 0.25) is 41.4 Å². The number of carbonyl (C=O) groups excluding carboxylic acids is 11. The molecular weight excluding hydrogens is 1010 g/mol. The Bertz CT molecular complexity index is 1970. The highest BCUT2D eigenvalue weighted by molar-refractivity contribution is 7.98. The van der Waals surface area contributed by atoms with Crippen molar-refractivity contribution in [3.63, 3.8) is 0 Å². The predicted molar refractivity (Wildman–Crippen MR) is 280 cm³/mol. The fourth-order valence-corrected chi connectivity index (χ4v) is 8.21. The first kappa shape index (κ1) is 68.0. The molecule has 25 nitrogen and oxygen atoms in total. The Balaban J connectivity index is 6.49. The van der Waals surface area contributed by atoms with E-state index in [2.05, 4.69) is 32.6 Å². The molecule has 0 rings (SSSR count). The van der Waals surface area contributed by atoms with Gasteiger partial charge in [-0.2, -0.15) is 23.5 Å². The highest BCUT2D eigenvalue weighted by atomic mass is 32.2. The third kappa shape index (κ3) is 23.1. The van der Waals surface area contributed by atoms with E-state index in [-0.39, 0.29) is 31.0 Å². The lowest BCUT2D eigenvalue weighted by molar-refractivity contribution is -0.149. The molecule has 10 amide bonds. The molecule has 0 radical (unpaired) electrons. The fraction of sp³-hybridized carbons (Fsp3) is 0.723. The van der Waals surface area contributed by atoms with E-state index in [1.165, 1.54) is 81.7 Å². The summed E-state index contributed by atoms with van der Waals surface area (Å²) in [5.41, 5.74) is -1.93. The van der Waals surface area contributed by atoms with Crippen LogP contribution in [0.15, 0.2) is 12.7 Å². The van der Waals surface area contributed by atoms with Gasteiger partial charge in [-0.25, -0.2) is 14.4 Å². The molecule has 0 bridgehead atoms. The maximum absolute atomic E-state index is 14.2. The summed E-state index contributed by atoms with van der Waals surface area (Å²) in [5, 5.41) is 9.70. The number of esters is 1. The maximum Gasteiger partial charge on any atom is 0.410 e. The molecule has 0 aliphatic carbocycles. The quantitative estimate of drug-likeness (QED) is 0.0478. The van der Waals surface area contributed by atoms with Crippen LogP contribution in [0, 0.1) is 0 Å². The molecule has 4 N–H and O–H groups in total. The predicted octanol–water partition coefficient (Wildman–Crippen LogP) is 0.745. The largest absolute Gasteiger partial charge is 0.468 e. The molecule has 27 heteroatoms. The lowest BCUT2D eigenvalue weighted by Crippen LogP contribution is -2.59. The maximum atomic E-state index is 14.2. The van der Waals surface area contributed by atoms with Crippen LogP contribution in [0.3, 0.4) is 0 Å². The number of alkyl carbamates (subject to hydrolysis) is 2. The van der Waals surface area contributed by atoms with E-state index in [1.807, 2.05) is 0 Å². The molecule has 0 spiro atoms. The number of methoxy groups -OCH3 is 1. The zero-order valence-corrected chi connectivity index (χ0v) is 47.9. The Morgan fingerprint density at radius 3 is 1.28 bits per heavy atom. The van der Waals surface area contributed by atoms with Gasteiger partial charge in [0.1, 0.15) is 60.6 Å². The molecular formula is C47H82N10O15S2. The van der Waals surface area contributed by atoms with Crippen molar-refractivity contribution < 1.29 is 71.7 Å². The molecule has 0 aromatic rings. The number of carbonyl (C=O) groups is 11. The van der Waals surface area contributed by atoms with E-state index in [1.54, 1.807) is 67.9 Å². The summed E-state index contributed by atoms with van der Waals surface area (Å²) in [6, 6.07) is -7.31. The lowest BCUT2D eigenvalue weighted by atomic mass is 10.1. The minimum atomic E-state index is -1.51. The third-order valence-electron chi connectivity index (χ3n) is 10.9. The molecule has 0 aromatic carbocycles. The van der Waals surface area contributed by atoms with Gasteiger partial charge in [-0.15, -0.1) is 0 Å². The summed E-state index contributed by atoms with van der Waals surface area (Å²) in [6.07, 6.45) is 2.33. The van der Waals surface area contributed by atoms with Crippen LogP contribution in [-0.4, -0.2) is 249 Å². The summed E-state index contributed by atoms with van der Waals surface area (Å²) in [6.45, 7) is 14.3. The SMILES string of the molecule is C=CCOC(=O)N(C)[C@H](CC)C(=O)N(C)[C@@H](CSC)C(=O)N(C)C[C@@H](NC(=O)OC(C)(C)C)C(=O)NCC(=O)N(C)[C@@H](CC)C(=O)N(C)[C@@H](CSC)C(=O)N(C)C[C@@H](NC(=O)OC(C)(C)C)C(=O)NCC(=O)OC. The van der Waals surface area contributed by atoms with Crippen molar-refractivity contribution in [1.82, 2.24) is 50.7 Å². The molecule has 0 unspecified atom stereocenters. The smallest absolute Gasteiger partial charge is 0.410 e. The summed E-state index contributed by atoms with van der Waals surface area (Å²) in [5.74, 6) is -5.49. The van der Waals surface area contributed by atoms with Crippen LogP contribution in [0.25, 0.3) is 0 Å². The Hall–Kier alpha value is -5.99. The highest BCUT2D eigenvalue weighted by Gasteiger charge is 2.39. The summed E-state index contributed by atoms with van der Waals surface area (Å²) in [7, 11) is 9.38. The van der Waals surface area contributed by atoms with Gasteiger partial charge in [0.15, 0.2) is 0 Å².